The number of amides is 2. The molecule has 0 aliphatic carbocycles. The molecule has 0 radical (unpaired) electrons. The molecule has 126 valence electrons. The van der Waals surface area contributed by atoms with Crippen LogP contribution in [0.1, 0.15) is 5.56 Å². The molecule has 0 unspecified atom stereocenters. The van der Waals surface area contributed by atoms with Crippen molar-refractivity contribution in [1.29, 1.82) is 0 Å². The van der Waals surface area contributed by atoms with Crippen LogP contribution in [0.2, 0.25) is 15.1 Å². The second kappa shape index (κ2) is 7.14. The molecule has 1 aliphatic rings. The number of benzene rings is 2. The molecule has 0 bridgehead atoms. The van der Waals surface area contributed by atoms with E-state index >= 15 is 0 Å². The van der Waals surface area contributed by atoms with Gasteiger partial charge in [-0.25, -0.2) is 0 Å². The van der Waals surface area contributed by atoms with Crippen LogP contribution < -0.4 is 10.2 Å². The highest BCUT2D eigenvalue weighted by Crippen LogP contribution is 2.27. The zero-order valence-electron chi connectivity index (χ0n) is 12.4. The van der Waals surface area contributed by atoms with Crippen LogP contribution in [0.3, 0.4) is 0 Å². The first kappa shape index (κ1) is 17.9. The molecule has 0 aromatic heterocycles. The van der Waals surface area contributed by atoms with Gasteiger partial charge in [0.25, 0.3) is 11.8 Å². The molecule has 2 aromatic carbocycles. The number of halogens is 3. The summed E-state index contributed by atoms with van der Waals surface area (Å²) in [7, 11) is 0. The van der Waals surface area contributed by atoms with Crippen molar-refractivity contribution >= 4 is 75.7 Å². The lowest BCUT2D eigenvalue weighted by molar-refractivity contribution is -0.122. The smallest absolute Gasteiger partial charge is 0.270 e. The summed E-state index contributed by atoms with van der Waals surface area (Å²) >= 11 is 23.0. The number of thiocarbonyl (C=S) groups is 1. The summed E-state index contributed by atoms with van der Waals surface area (Å²) in [5.74, 6) is -1.14. The molecule has 3 rings (SSSR count). The molecule has 1 saturated heterocycles. The summed E-state index contributed by atoms with van der Waals surface area (Å²) in [6, 6.07) is 11.4. The van der Waals surface area contributed by atoms with E-state index in [4.69, 9.17) is 47.0 Å². The lowest BCUT2D eigenvalue weighted by atomic mass is 10.1. The molecule has 0 spiro atoms. The number of rotatable bonds is 2. The van der Waals surface area contributed by atoms with Crippen LogP contribution in [-0.4, -0.2) is 16.9 Å². The first-order chi connectivity index (χ1) is 11.9. The van der Waals surface area contributed by atoms with Gasteiger partial charge in [0, 0.05) is 5.02 Å². The van der Waals surface area contributed by atoms with Gasteiger partial charge < -0.3 is 0 Å². The van der Waals surface area contributed by atoms with Crippen molar-refractivity contribution in [2.24, 2.45) is 0 Å². The summed E-state index contributed by atoms with van der Waals surface area (Å²) in [5, 5.41) is 3.64. The van der Waals surface area contributed by atoms with Gasteiger partial charge in [0.15, 0.2) is 5.11 Å². The Bertz CT molecular complexity index is 943. The van der Waals surface area contributed by atoms with Crippen LogP contribution in [0.5, 0.6) is 0 Å². The highest BCUT2D eigenvalue weighted by atomic mass is 35.5. The Morgan fingerprint density at radius 1 is 1.00 bits per heavy atom. The molecule has 1 aliphatic heterocycles. The molecule has 4 nitrogen and oxygen atoms in total. The largest absolute Gasteiger partial charge is 0.298 e. The molecular formula is C17H9Cl3N2O2S. The Hall–Kier alpha value is -1.92. The third kappa shape index (κ3) is 3.70. The van der Waals surface area contributed by atoms with Gasteiger partial charge in [-0.2, -0.15) is 0 Å². The fourth-order valence-electron chi connectivity index (χ4n) is 2.28. The maximum absolute atomic E-state index is 12.8. The number of hydrogen-bond acceptors (Lipinski definition) is 3. The van der Waals surface area contributed by atoms with Gasteiger partial charge in [-0.1, -0.05) is 46.9 Å². The Morgan fingerprint density at radius 2 is 1.76 bits per heavy atom. The summed E-state index contributed by atoms with van der Waals surface area (Å²) < 4.78 is 0. The fraction of sp³-hybridized carbons (Fsp3) is 0. The van der Waals surface area contributed by atoms with Gasteiger partial charge in [-0.15, -0.1) is 0 Å². The first-order valence-corrected chi connectivity index (χ1v) is 8.53. The number of anilines is 1. The SMILES string of the molecule is O=C1NC(=S)N(c2cccc(Cl)c2)C(=O)/C1=C/c1ccc(Cl)c(Cl)c1. The van der Waals surface area contributed by atoms with E-state index < -0.39 is 11.8 Å². The van der Waals surface area contributed by atoms with Crippen LogP contribution >= 0.6 is 47.0 Å². The number of nitrogens with zero attached hydrogens (tertiary/aromatic N) is 1. The summed E-state index contributed by atoms with van der Waals surface area (Å²) in [4.78, 5) is 26.3. The number of nitrogens with one attached hydrogen (secondary N) is 1. The molecule has 1 heterocycles. The lowest BCUT2D eigenvalue weighted by Gasteiger charge is -2.29. The molecule has 0 atom stereocenters. The minimum Gasteiger partial charge on any atom is -0.298 e. The third-order valence-corrected chi connectivity index (χ3v) is 4.68. The van der Waals surface area contributed by atoms with E-state index in [0.717, 1.165) is 0 Å². The molecule has 8 heteroatoms. The number of carbonyl (C=O) groups is 2. The average molecular weight is 412 g/mol. The van der Waals surface area contributed by atoms with Crippen LogP contribution in [0.4, 0.5) is 5.69 Å². The summed E-state index contributed by atoms with van der Waals surface area (Å²) in [6.07, 6.45) is 1.43. The van der Waals surface area contributed by atoms with Gasteiger partial charge in [0.1, 0.15) is 5.57 Å². The molecular weight excluding hydrogens is 403 g/mol. The normalized spacial score (nSPS) is 16.4. The highest BCUT2D eigenvalue weighted by molar-refractivity contribution is 7.80. The van der Waals surface area contributed by atoms with Crippen LogP contribution in [0, 0.1) is 0 Å². The fourth-order valence-corrected chi connectivity index (χ4v) is 3.05. The van der Waals surface area contributed by atoms with Gasteiger partial charge in [0.2, 0.25) is 0 Å². The maximum atomic E-state index is 12.8. The minimum atomic E-state index is -0.584. The topological polar surface area (TPSA) is 49.4 Å². The van der Waals surface area contributed by atoms with E-state index in [1.54, 1.807) is 42.5 Å². The van der Waals surface area contributed by atoms with Gasteiger partial charge >= 0.3 is 0 Å². The monoisotopic (exact) mass is 410 g/mol. The second-order valence-electron chi connectivity index (χ2n) is 5.11. The van der Waals surface area contributed by atoms with E-state index in [1.165, 1.54) is 11.0 Å². The van der Waals surface area contributed by atoms with E-state index in [1.807, 2.05) is 0 Å². The Balaban J connectivity index is 2.03. The quantitative estimate of drug-likeness (QED) is 0.450. The van der Waals surface area contributed by atoms with Crippen molar-refractivity contribution in [2.75, 3.05) is 4.90 Å². The number of carbonyl (C=O) groups excluding carboxylic acids is 2. The predicted molar refractivity (Wildman–Crippen MR) is 104 cm³/mol. The van der Waals surface area contributed by atoms with Crippen molar-refractivity contribution in [3.05, 3.63) is 68.7 Å². The maximum Gasteiger partial charge on any atom is 0.270 e. The Morgan fingerprint density at radius 3 is 2.44 bits per heavy atom. The van der Waals surface area contributed by atoms with Crippen LogP contribution in [-0.2, 0) is 9.59 Å². The zero-order valence-corrected chi connectivity index (χ0v) is 15.5. The van der Waals surface area contributed by atoms with Crippen molar-refractivity contribution in [3.8, 4) is 0 Å². The molecule has 25 heavy (non-hydrogen) atoms. The van der Waals surface area contributed by atoms with Gasteiger partial charge in [-0.3, -0.25) is 19.8 Å². The summed E-state index contributed by atoms with van der Waals surface area (Å²) in [6.45, 7) is 0. The second-order valence-corrected chi connectivity index (χ2v) is 6.75. The molecule has 1 N–H and O–H groups in total. The molecule has 2 amide bonds. The van der Waals surface area contributed by atoms with Crippen LogP contribution in [0.15, 0.2) is 48.0 Å². The van der Waals surface area contributed by atoms with Crippen molar-refractivity contribution in [1.82, 2.24) is 5.32 Å². The minimum absolute atomic E-state index is 0.0106. The predicted octanol–water partition coefficient (Wildman–Crippen LogP) is 4.48. The molecule has 0 saturated carbocycles. The van der Waals surface area contributed by atoms with E-state index in [-0.39, 0.29) is 10.7 Å². The zero-order chi connectivity index (χ0) is 18.1. The Kier molecular flexibility index (Phi) is 5.11. The number of hydrogen-bond donors (Lipinski definition) is 1. The Labute approximate surface area is 164 Å². The van der Waals surface area contributed by atoms with Crippen LogP contribution in [0.25, 0.3) is 6.08 Å². The van der Waals surface area contributed by atoms with E-state index in [0.29, 0.717) is 26.3 Å². The average Bonchev–Trinajstić information content (AvgIpc) is 2.54. The highest BCUT2D eigenvalue weighted by Gasteiger charge is 2.34. The first-order valence-electron chi connectivity index (χ1n) is 6.99. The van der Waals surface area contributed by atoms with E-state index in [9.17, 15) is 9.59 Å². The van der Waals surface area contributed by atoms with Gasteiger partial charge in [0.05, 0.1) is 15.7 Å². The standard InChI is InChI=1S/C17H9Cl3N2O2S/c18-10-2-1-3-11(8-10)22-16(24)12(15(23)21-17(22)25)6-9-4-5-13(19)14(20)7-9/h1-8H,(H,21,23,25)/b12-6+. The summed E-state index contributed by atoms with van der Waals surface area (Å²) in [5.41, 5.74) is 0.946. The lowest BCUT2D eigenvalue weighted by Crippen LogP contribution is -2.54. The third-order valence-electron chi connectivity index (χ3n) is 3.42. The van der Waals surface area contributed by atoms with Crippen molar-refractivity contribution in [3.63, 3.8) is 0 Å². The van der Waals surface area contributed by atoms with Gasteiger partial charge in [-0.05, 0) is 54.2 Å². The van der Waals surface area contributed by atoms with E-state index in [2.05, 4.69) is 5.32 Å². The molecule has 2 aromatic rings. The van der Waals surface area contributed by atoms with Crippen molar-refractivity contribution < 1.29 is 9.59 Å². The van der Waals surface area contributed by atoms with Crippen molar-refractivity contribution in [2.45, 2.75) is 0 Å². The molecule has 1 fully saturated rings.